The van der Waals surface area contributed by atoms with Gasteiger partial charge in [0.15, 0.2) is 5.69 Å². The molecule has 2 heterocycles. The fourth-order valence-electron chi connectivity index (χ4n) is 3.29. The molecule has 0 atom stereocenters. The van der Waals surface area contributed by atoms with Crippen molar-refractivity contribution in [3.05, 3.63) is 36.2 Å². The number of amides is 1. The first kappa shape index (κ1) is 22.2. The Labute approximate surface area is 175 Å². The lowest BCUT2D eigenvalue weighted by Gasteiger charge is -2.37. The van der Waals surface area contributed by atoms with Gasteiger partial charge in [-0.05, 0) is 43.5 Å². The molecular formula is C19H27N5O5S. The fourth-order valence-corrected chi connectivity index (χ4v) is 4.73. The van der Waals surface area contributed by atoms with Crippen molar-refractivity contribution in [2.24, 2.45) is 0 Å². The predicted molar refractivity (Wildman–Crippen MR) is 109 cm³/mol. The molecule has 30 heavy (non-hydrogen) atoms. The summed E-state index contributed by atoms with van der Waals surface area (Å²) in [4.78, 5) is 11.8. The average molecular weight is 438 g/mol. The number of nitrogens with one attached hydrogen (secondary N) is 1. The van der Waals surface area contributed by atoms with Crippen molar-refractivity contribution in [1.82, 2.24) is 24.6 Å². The molecule has 1 aromatic carbocycles. The monoisotopic (exact) mass is 437 g/mol. The van der Waals surface area contributed by atoms with Crippen LogP contribution in [0.3, 0.4) is 0 Å². The summed E-state index contributed by atoms with van der Waals surface area (Å²) in [6.07, 6.45) is 2.83. The maximum Gasteiger partial charge on any atom is 0.273 e. The molecule has 1 aromatic heterocycles. The lowest BCUT2D eigenvalue weighted by molar-refractivity contribution is -0.0224. The molecule has 0 saturated carbocycles. The van der Waals surface area contributed by atoms with Gasteiger partial charge in [0.05, 0.1) is 29.8 Å². The molecule has 0 bridgehead atoms. The van der Waals surface area contributed by atoms with Gasteiger partial charge in [0, 0.05) is 20.1 Å². The van der Waals surface area contributed by atoms with Crippen LogP contribution in [-0.4, -0.2) is 71.1 Å². The molecule has 3 rings (SSSR count). The minimum absolute atomic E-state index is 0.133. The van der Waals surface area contributed by atoms with Gasteiger partial charge in [-0.2, -0.15) is 4.31 Å². The van der Waals surface area contributed by atoms with Crippen LogP contribution in [0.4, 0.5) is 0 Å². The molecule has 1 aliphatic rings. The van der Waals surface area contributed by atoms with Crippen LogP contribution >= 0.6 is 0 Å². The quantitative estimate of drug-likeness (QED) is 0.620. The van der Waals surface area contributed by atoms with Gasteiger partial charge in [0.1, 0.15) is 5.75 Å². The van der Waals surface area contributed by atoms with Gasteiger partial charge in [-0.15, -0.1) is 5.10 Å². The minimum atomic E-state index is -3.65. The molecule has 1 saturated heterocycles. The van der Waals surface area contributed by atoms with E-state index in [2.05, 4.69) is 15.6 Å². The summed E-state index contributed by atoms with van der Waals surface area (Å²) in [5.74, 6) is 0.271. The van der Waals surface area contributed by atoms with E-state index >= 15 is 0 Å². The Morgan fingerprint density at radius 2 is 1.93 bits per heavy atom. The maximum atomic E-state index is 12.9. The first-order chi connectivity index (χ1) is 14.3. The normalized spacial score (nSPS) is 16.9. The van der Waals surface area contributed by atoms with Crippen molar-refractivity contribution in [3.63, 3.8) is 0 Å². The maximum absolute atomic E-state index is 12.9. The number of aliphatic hydroxyl groups is 1. The molecule has 0 spiro atoms. The summed E-state index contributed by atoms with van der Waals surface area (Å²) in [7, 11) is -2.16. The Bertz CT molecular complexity index is 965. The van der Waals surface area contributed by atoms with Crippen LogP contribution in [0, 0.1) is 0 Å². The van der Waals surface area contributed by atoms with Gasteiger partial charge in [0.2, 0.25) is 10.0 Å². The molecule has 0 aliphatic carbocycles. The van der Waals surface area contributed by atoms with Gasteiger partial charge in [0.25, 0.3) is 5.91 Å². The number of aromatic nitrogens is 3. The molecule has 0 radical (unpaired) electrons. The van der Waals surface area contributed by atoms with Crippen molar-refractivity contribution in [2.75, 3.05) is 26.7 Å². The van der Waals surface area contributed by atoms with Crippen LogP contribution in [-0.2, 0) is 16.6 Å². The number of piperidine rings is 1. The van der Waals surface area contributed by atoms with E-state index in [-0.39, 0.29) is 49.0 Å². The number of hydrogen-bond donors (Lipinski definition) is 2. The second-order valence-corrected chi connectivity index (χ2v) is 9.27. The van der Waals surface area contributed by atoms with Crippen molar-refractivity contribution in [3.8, 4) is 5.75 Å². The van der Waals surface area contributed by atoms with Crippen molar-refractivity contribution in [1.29, 1.82) is 0 Å². The molecule has 2 aromatic rings. The largest absolute Gasteiger partial charge is 0.494 e. The van der Waals surface area contributed by atoms with E-state index in [0.29, 0.717) is 12.4 Å². The Hall–Kier alpha value is -2.50. The Kier molecular flexibility index (Phi) is 6.74. The average Bonchev–Trinajstić information content (AvgIpc) is 3.20. The fraction of sp³-hybridized carbons (Fsp3) is 0.526. The molecule has 1 fully saturated rings. The number of benzene rings is 1. The Morgan fingerprint density at radius 3 is 2.53 bits per heavy atom. The third-order valence-electron chi connectivity index (χ3n) is 5.04. The van der Waals surface area contributed by atoms with Gasteiger partial charge < -0.3 is 15.2 Å². The van der Waals surface area contributed by atoms with Crippen LogP contribution in [0.2, 0.25) is 0 Å². The zero-order chi connectivity index (χ0) is 21.8. The number of sulfonamides is 1. The second kappa shape index (κ2) is 9.11. The topological polar surface area (TPSA) is 127 Å². The van der Waals surface area contributed by atoms with Crippen LogP contribution in [0.25, 0.3) is 0 Å². The van der Waals surface area contributed by atoms with E-state index in [4.69, 9.17) is 4.74 Å². The van der Waals surface area contributed by atoms with E-state index in [1.807, 2.05) is 6.92 Å². The summed E-state index contributed by atoms with van der Waals surface area (Å²) < 4.78 is 34.1. The van der Waals surface area contributed by atoms with Crippen molar-refractivity contribution in [2.45, 2.75) is 43.2 Å². The summed E-state index contributed by atoms with van der Waals surface area (Å²) in [6, 6.07) is 6.38. The zero-order valence-electron chi connectivity index (χ0n) is 17.1. The smallest absolute Gasteiger partial charge is 0.273 e. The Morgan fingerprint density at radius 1 is 1.27 bits per heavy atom. The zero-order valence-corrected chi connectivity index (χ0v) is 17.9. The standard InChI is InChI=1S/C19H27N5O5S/c1-3-12-29-15-4-6-16(7-5-15)30(27,28)24-10-8-19(26,9-11-24)14-23-13-17(21-22-23)18(25)20-2/h4-7,13,26H,3,8-12,14H2,1-2H3,(H,20,25). The van der Waals surface area contributed by atoms with Crippen molar-refractivity contribution >= 4 is 15.9 Å². The predicted octanol–water partition coefficient (Wildman–Crippen LogP) is 0.642. The summed E-state index contributed by atoms with van der Waals surface area (Å²) >= 11 is 0. The number of rotatable bonds is 8. The molecule has 11 heteroatoms. The van der Waals surface area contributed by atoms with Gasteiger partial charge >= 0.3 is 0 Å². The second-order valence-electron chi connectivity index (χ2n) is 7.33. The Balaban J connectivity index is 1.62. The van der Waals surface area contributed by atoms with Gasteiger partial charge in [-0.25, -0.2) is 13.1 Å². The molecule has 1 aliphatic heterocycles. The molecule has 1 amide bonds. The molecule has 0 unspecified atom stereocenters. The first-order valence-corrected chi connectivity index (χ1v) is 11.3. The molecule has 10 nitrogen and oxygen atoms in total. The summed E-state index contributed by atoms with van der Waals surface area (Å²) in [5.41, 5.74) is -0.968. The van der Waals surface area contributed by atoms with E-state index in [1.54, 1.807) is 12.1 Å². The summed E-state index contributed by atoms with van der Waals surface area (Å²) in [5, 5.41) is 21.0. The van der Waals surface area contributed by atoms with E-state index in [0.717, 1.165) is 6.42 Å². The SMILES string of the molecule is CCCOc1ccc(S(=O)(=O)N2CCC(O)(Cn3cc(C(=O)NC)nn3)CC2)cc1. The highest BCUT2D eigenvalue weighted by Gasteiger charge is 2.37. The highest BCUT2D eigenvalue weighted by molar-refractivity contribution is 7.89. The third kappa shape index (κ3) is 4.97. The van der Waals surface area contributed by atoms with Gasteiger partial charge in [-0.1, -0.05) is 12.1 Å². The number of nitrogens with zero attached hydrogens (tertiary/aromatic N) is 4. The summed E-state index contributed by atoms with van der Waals surface area (Å²) in [6.45, 7) is 3.08. The number of hydrogen-bond acceptors (Lipinski definition) is 7. The number of carbonyl (C=O) groups excluding carboxylic acids is 1. The van der Waals surface area contributed by atoms with Crippen LogP contribution in [0.5, 0.6) is 5.75 Å². The molecular weight excluding hydrogens is 410 g/mol. The number of carbonyl (C=O) groups is 1. The van der Waals surface area contributed by atoms with Crippen LogP contribution in [0.15, 0.2) is 35.4 Å². The van der Waals surface area contributed by atoms with Crippen molar-refractivity contribution < 1.29 is 23.1 Å². The first-order valence-electron chi connectivity index (χ1n) is 9.85. The van der Waals surface area contributed by atoms with E-state index < -0.39 is 15.6 Å². The molecule has 164 valence electrons. The highest BCUT2D eigenvalue weighted by atomic mass is 32.2. The third-order valence-corrected chi connectivity index (χ3v) is 6.96. The lowest BCUT2D eigenvalue weighted by atomic mass is 9.92. The van der Waals surface area contributed by atoms with E-state index in [9.17, 15) is 18.3 Å². The lowest BCUT2D eigenvalue weighted by Crippen LogP contribution is -2.48. The molecule has 2 N–H and O–H groups in total. The highest BCUT2D eigenvalue weighted by Crippen LogP contribution is 2.28. The van der Waals surface area contributed by atoms with Crippen LogP contribution in [0.1, 0.15) is 36.7 Å². The minimum Gasteiger partial charge on any atom is -0.494 e. The van der Waals surface area contributed by atoms with Gasteiger partial charge in [-0.3, -0.25) is 4.79 Å². The van der Waals surface area contributed by atoms with Crippen LogP contribution < -0.4 is 10.1 Å². The number of ether oxygens (including phenoxy) is 1. The van der Waals surface area contributed by atoms with E-state index in [1.165, 1.54) is 34.4 Å².